The first-order chi connectivity index (χ1) is 9.91. The van der Waals surface area contributed by atoms with Crippen molar-refractivity contribution in [1.82, 2.24) is 5.32 Å². The Morgan fingerprint density at radius 2 is 2.14 bits per heavy atom. The number of hydrogen-bond acceptors (Lipinski definition) is 4. The molecule has 21 heavy (non-hydrogen) atoms. The largest absolute Gasteiger partial charge is 0.383 e. The molecule has 0 unspecified atom stereocenters. The molecule has 1 rings (SSSR count). The molecule has 2 N–H and O–H groups in total. The van der Waals surface area contributed by atoms with Crippen LogP contribution < -0.4 is 15.9 Å². The van der Waals surface area contributed by atoms with Crippen LogP contribution in [-0.2, 0) is 9.30 Å². The van der Waals surface area contributed by atoms with Gasteiger partial charge in [-0.15, -0.1) is 6.42 Å². The Morgan fingerprint density at radius 1 is 1.43 bits per heavy atom. The van der Waals surface area contributed by atoms with E-state index in [4.69, 9.17) is 11.2 Å². The molecule has 0 aliphatic rings. The SMILES string of the molecule is C#CCNc1c(C(=O)NCCOC)cccc1P(C)(C)=O. The predicted molar refractivity (Wildman–Crippen MR) is 87.1 cm³/mol. The highest BCUT2D eigenvalue weighted by Crippen LogP contribution is 2.38. The highest BCUT2D eigenvalue weighted by molar-refractivity contribution is 7.70. The molecule has 1 aromatic rings. The quantitative estimate of drug-likeness (QED) is 0.453. The van der Waals surface area contributed by atoms with E-state index in [1.165, 1.54) is 0 Å². The summed E-state index contributed by atoms with van der Waals surface area (Å²) in [6.07, 6.45) is 5.26. The van der Waals surface area contributed by atoms with Crippen molar-refractivity contribution in [3.63, 3.8) is 0 Å². The molecular weight excluding hydrogens is 287 g/mol. The first-order valence-corrected chi connectivity index (χ1v) is 9.15. The third-order valence-corrected chi connectivity index (χ3v) is 4.36. The van der Waals surface area contributed by atoms with Gasteiger partial charge in [-0.2, -0.15) is 0 Å². The van der Waals surface area contributed by atoms with Crippen molar-refractivity contribution < 1.29 is 14.1 Å². The molecule has 0 saturated heterocycles. The fraction of sp³-hybridized carbons (Fsp3) is 0.400. The van der Waals surface area contributed by atoms with E-state index in [0.29, 0.717) is 29.7 Å². The lowest BCUT2D eigenvalue weighted by atomic mass is 10.1. The summed E-state index contributed by atoms with van der Waals surface area (Å²) in [5.74, 6) is 2.21. The van der Waals surface area contributed by atoms with E-state index in [2.05, 4.69) is 16.6 Å². The van der Waals surface area contributed by atoms with Crippen LogP contribution in [-0.4, -0.2) is 46.0 Å². The van der Waals surface area contributed by atoms with Gasteiger partial charge in [-0.3, -0.25) is 4.79 Å². The Bertz CT molecular complexity index is 587. The van der Waals surface area contributed by atoms with Gasteiger partial charge in [-0.25, -0.2) is 0 Å². The van der Waals surface area contributed by atoms with Crippen LogP contribution in [0, 0.1) is 12.3 Å². The summed E-state index contributed by atoms with van der Waals surface area (Å²) >= 11 is 0. The summed E-state index contributed by atoms with van der Waals surface area (Å²) in [6, 6.07) is 5.16. The number of carbonyl (C=O) groups is 1. The minimum Gasteiger partial charge on any atom is -0.383 e. The number of terminal acetylenes is 1. The van der Waals surface area contributed by atoms with Crippen molar-refractivity contribution in [2.45, 2.75) is 0 Å². The highest BCUT2D eigenvalue weighted by Gasteiger charge is 2.21. The van der Waals surface area contributed by atoms with Crippen molar-refractivity contribution >= 4 is 24.0 Å². The average molecular weight is 308 g/mol. The first-order valence-electron chi connectivity index (χ1n) is 6.55. The van der Waals surface area contributed by atoms with E-state index >= 15 is 0 Å². The molecule has 0 radical (unpaired) electrons. The number of para-hydroxylation sites is 1. The first kappa shape index (κ1) is 17.3. The monoisotopic (exact) mass is 308 g/mol. The molecule has 0 atom stereocenters. The van der Waals surface area contributed by atoms with Crippen LogP contribution in [0.15, 0.2) is 18.2 Å². The van der Waals surface area contributed by atoms with Crippen LogP contribution >= 0.6 is 7.14 Å². The van der Waals surface area contributed by atoms with E-state index in [0.717, 1.165) is 0 Å². The second-order valence-corrected chi connectivity index (χ2v) is 8.04. The average Bonchev–Trinajstić information content (AvgIpc) is 2.43. The molecule has 0 aliphatic heterocycles. The van der Waals surface area contributed by atoms with Crippen LogP contribution in [0.1, 0.15) is 10.4 Å². The maximum atomic E-state index is 12.4. The molecule has 0 bridgehead atoms. The van der Waals surface area contributed by atoms with E-state index < -0.39 is 7.14 Å². The minimum absolute atomic E-state index is 0.248. The molecule has 1 amide bonds. The van der Waals surface area contributed by atoms with Crippen molar-refractivity contribution in [1.29, 1.82) is 0 Å². The molecule has 114 valence electrons. The predicted octanol–water partition coefficient (Wildman–Crippen LogP) is 1.36. The lowest BCUT2D eigenvalue weighted by molar-refractivity contribution is 0.0938. The molecule has 5 nitrogen and oxygen atoms in total. The molecule has 0 fully saturated rings. The molecular formula is C15H21N2O3P. The Balaban J connectivity index is 3.15. The molecule has 0 spiro atoms. The van der Waals surface area contributed by atoms with E-state index in [-0.39, 0.29) is 12.5 Å². The van der Waals surface area contributed by atoms with Gasteiger partial charge in [0.05, 0.1) is 24.4 Å². The summed E-state index contributed by atoms with van der Waals surface area (Å²) in [5, 5.41) is 6.38. The normalized spacial score (nSPS) is 10.8. The second kappa shape index (κ2) is 7.87. The standard InChI is InChI=1S/C15H21N2O3P/c1-5-9-16-14-12(15(18)17-10-11-20-2)7-6-8-13(14)21(3,4)19/h1,6-8,16H,9-11H2,2-4H3,(H,17,18). The van der Waals surface area contributed by atoms with Crippen LogP contribution in [0.3, 0.4) is 0 Å². The Labute approximate surface area is 125 Å². The molecule has 0 aliphatic carbocycles. The van der Waals surface area contributed by atoms with Gasteiger partial charge in [0.15, 0.2) is 0 Å². The number of anilines is 1. The molecule has 6 heteroatoms. The molecule has 1 aromatic carbocycles. The zero-order valence-corrected chi connectivity index (χ0v) is 13.5. The van der Waals surface area contributed by atoms with E-state index in [1.807, 2.05) is 0 Å². The van der Waals surface area contributed by atoms with Crippen molar-refractivity contribution in [2.24, 2.45) is 0 Å². The summed E-state index contributed by atoms with van der Waals surface area (Å²) in [6.45, 7) is 4.42. The molecule has 0 saturated carbocycles. The summed E-state index contributed by atoms with van der Waals surface area (Å²) in [7, 11) is -0.963. The number of methoxy groups -OCH3 is 1. The van der Waals surface area contributed by atoms with Crippen LogP contribution in [0.5, 0.6) is 0 Å². The highest BCUT2D eigenvalue weighted by atomic mass is 31.2. The van der Waals surface area contributed by atoms with Gasteiger partial charge in [0.25, 0.3) is 5.91 Å². The molecule has 0 aromatic heterocycles. The fourth-order valence-electron chi connectivity index (χ4n) is 1.87. The third kappa shape index (κ3) is 4.93. The number of carbonyl (C=O) groups excluding carboxylic acids is 1. The summed E-state index contributed by atoms with van der Waals surface area (Å²) in [4.78, 5) is 12.2. The summed E-state index contributed by atoms with van der Waals surface area (Å²) < 4.78 is 17.3. The maximum absolute atomic E-state index is 12.4. The zero-order chi connectivity index (χ0) is 15.9. The van der Waals surface area contributed by atoms with Crippen molar-refractivity contribution in [3.8, 4) is 12.3 Å². The Hall–Kier alpha value is -1.76. The van der Waals surface area contributed by atoms with E-state index in [9.17, 15) is 9.36 Å². The van der Waals surface area contributed by atoms with E-state index in [1.54, 1.807) is 38.6 Å². The molecule has 0 heterocycles. The van der Waals surface area contributed by atoms with Crippen molar-refractivity contribution in [2.75, 3.05) is 45.5 Å². The second-order valence-electron chi connectivity index (χ2n) is 4.86. The minimum atomic E-state index is -2.53. The number of nitrogens with one attached hydrogen (secondary N) is 2. The lowest BCUT2D eigenvalue weighted by Crippen LogP contribution is -2.29. The van der Waals surface area contributed by atoms with Crippen LogP contribution in [0.25, 0.3) is 0 Å². The van der Waals surface area contributed by atoms with Crippen LogP contribution in [0.2, 0.25) is 0 Å². The van der Waals surface area contributed by atoms with Gasteiger partial charge in [0, 0.05) is 19.0 Å². The number of amides is 1. The maximum Gasteiger partial charge on any atom is 0.253 e. The van der Waals surface area contributed by atoms with Gasteiger partial charge < -0.3 is 19.9 Å². The number of hydrogen-bond donors (Lipinski definition) is 2. The van der Waals surface area contributed by atoms with Gasteiger partial charge in [-0.1, -0.05) is 12.0 Å². The Morgan fingerprint density at radius 3 is 2.71 bits per heavy atom. The van der Waals surface area contributed by atoms with Crippen LogP contribution in [0.4, 0.5) is 5.69 Å². The number of rotatable bonds is 7. The summed E-state index contributed by atoms with van der Waals surface area (Å²) in [5.41, 5.74) is 0.974. The topological polar surface area (TPSA) is 67.4 Å². The Kier molecular flexibility index (Phi) is 6.48. The van der Waals surface area contributed by atoms with Gasteiger partial charge in [-0.05, 0) is 25.5 Å². The van der Waals surface area contributed by atoms with Gasteiger partial charge in [0.2, 0.25) is 0 Å². The fourth-order valence-corrected chi connectivity index (χ4v) is 3.05. The number of ether oxygens (including phenoxy) is 1. The third-order valence-electron chi connectivity index (χ3n) is 2.83. The van der Waals surface area contributed by atoms with Gasteiger partial charge in [0.1, 0.15) is 7.14 Å². The number of benzene rings is 1. The smallest absolute Gasteiger partial charge is 0.253 e. The lowest BCUT2D eigenvalue weighted by Gasteiger charge is -2.18. The zero-order valence-electron chi connectivity index (χ0n) is 12.6. The van der Waals surface area contributed by atoms with Crippen molar-refractivity contribution in [3.05, 3.63) is 23.8 Å². The van der Waals surface area contributed by atoms with Gasteiger partial charge >= 0.3 is 0 Å².